The number of rotatable bonds is 4. The second kappa shape index (κ2) is 6.25. The Morgan fingerprint density at radius 2 is 1.88 bits per heavy atom. The number of hydrogen-bond acceptors (Lipinski definition) is 3. The number of Topliss-reactive ketones (excluding diaryl/α,β-unsaturated/α-hetero) is 1. The van der Waals surface area contributed by atoms with E-state index in [1.54, 1.807) is 35.4 Å². The van der Waals surface area contributed by atoms with Gasteiger partial charge in [0.05, 0.1) is 23.9 Å². The predicted octanol–water partition coefficient (Wildman–Crippen LogP) is 2.81. The fourth-order valence-corrected chi connectivity index (χ4v) is 3.25. The number of carbonyl (C=O) groups is 2. The maximum absolute atomic E-state index is 14.1. The number of urea groups is 1. The number of benzene rings is 2. The SMILES string of the molecule is [CH2]C(=O)CN1CCN(c2cccc3c2cnn3-c2ccccc2F)C1=O. The van der Waals surface area contributed by atoms with Crippen LogP contribution in [0.1, 0.15) is 0 Å². The molecule has 7 heteroatoms. The van der Waals surface area contributed by atoms with Crippen LogP contribution < -0.4 is 4.90 Å². The molecule has 1 saturated heterocycles. The largest absolute Gasteiger partial charge is 0.325 e. The predicted molar refractivity (Wildman–Crippen MR) is 95.7 cm³/mol. The molecule has 2 heterocycles. The Kier molecular flexibility index (Phi) is 3.91. The molecular weight excluding hydrogens is 335 g/mol. The molecule has 0 atom stereocenters. The zero-order valence-corrected chi connectivity index (χ0v) is 13.9. The summed E-state index contributed by atoms with van der Waals surface area (Å²) in [5, 5.41) is 5.05. The van der Waals surface area contributed by atoms with E-state index in [2.05, 4.69) is 12.0 Å². The molecule has 26 heavy (non-hydrogen) atoms. The standard InChI is InChI=1S/C19H16FN4O2/c1-13(25)12-22-9-10-23(19(22)26)16-7-4-8-17-14(16)11-21-24(17)18-6-3-2-5-15(18)20/h2-8,11H,1,9-10,12H2. The van der Waals surface area contributed by atoms with Crippen molar-refractivity contribution in [1.82, 2.24) is 14.7 Å². The molecule has 6 nitrogen and oxygen atoms in total. The van der Waals surface area contributed by atoms with Gasteiger partial charge in [0.25, 0.3) is 0 Å². The van der Waals surface area contributed by atoms with Gasteiger partial charge >= 0.3 is 6.03 Å². The van der Waals surface area contributed by atoms with Crippen molar-refractivity contribution in [3.05, 3.63) is 61.4 Å². The quantitative estimate of drug-likeness (QED) is 0.726. The Balaban J connectivity index is 1.76. The van der Waals surface area contributed by atoms with E-state index < -0.39 is 0 Å². The highest BCUT2D eigenvalue weighted by molar-refractivity contribution is 6.04. The first-order chi connectivity index (χ1) is 12.6. The minimum absolute atomic E-state index is 0.000200. The van der Waals surface area contributed by atoms with E-state index in [0.717, 1.165) is 5.39 Å². The zero-order chi connectivity index (χ0) is 18.3. The molecule has 0 N–H and O–H groups in total. The zero-order valence-electron chi connectivity index (χ0n) is 13.9. The van der Waals surface area contributed by atoms with Crippen LogP contribution in [0.3, 0.4) is 0 Å². The molecule has 1 aliphatic rings. The van der Waals surface area contributed by atoms with Crippen molar-refractivity contribution >= 4 is 28.4 Å². The average Bonchev–Trinajstić information content (AvgIpc) is 3.19. The third-order valence-electron chi connectivity index (χ3n) is 4.42. The van der Waals surface area contributed by atoms with Crippen molar-refractivity contribution in [1.29, 1.82) is 0 Å². The number of hydrogen-bond donors (Lipinski definition) is 0. The summed E-state index contributed by atoms with van der Waals surface area (Å²) in [6, 6.07) is 11.6. The molecule has 4 rings (SSSR count). The van der Waals surface area contributed by atoms with Gasteiger partial charge in [-0.3, -0.25) is 9.69 Å². The lowest BCUT2D eigenvalue weighted by Crippen LogP contribution is -2.34. The normalized spacial score (nSPS) is 14.5. The van der Waals surface area contributed by atoms with Gasteiger partial charge in [-0.15, -0.1) is 0 Å². The van der Waals surface area contributed by atoms with Gasteiger partial charge < -0.3 is 4.90 Å². The van der Waals surface area contributed by atoms with Crippen LogP contribution in [0, 0.1) is 12.7 Å². The van der Waals surface area contributed by atoms with Crippen molar-refractivity contribution in [2.75, 3.05) is 24.5 Å². The third kappa shape index (κ3) is 2.61. The Bertz CT molecular complexity index is 1010. The van der Waals surface area contributed by atoms with E-state index >= 15 is 0 Å². The smallest absolute Gasteiger partial charge is 0.315 e. The molecule has 0 saturated carbocycles. The van der Waals surface area contributed by atoms with E-state index in [1.807, 2.05) is 12.1 Å². The average molecular weight is 351 g/mol. The van der Waals surface area contributed by atoms with Gasteiger partial charge in [0, 0.05) is 25.4 Å². The first-order valence-corrected chi connectivity index (χ1v) is 8.19. The molecule has 3 aromatic rings. The Morgan fingerprint density at radius 3 is 2.65 bits per heavy atom. The monoisotopic (exact) mass is 351 g/mol. The number of aromatic nitrogens is 2. The van der Waals surface area contributed by atoms with Gasteiger partial charge in [0.2, 0.25) is 0 Å². The van der Waals surface area contributed by atoms with Crippen LogP contribution in [0.2, 0.25) is 0 Å². The van der Waals surface area contributed by atoms with Crippen molar-refractivity contribution in [2.24, 2.45) is 0 Å². The summed E-state index contributed by atoms with van der Waals surface area (Å²) < 4.78 is 15.7. The van der Waals surface area contributed by atoms with Crippen LogP contribution in [0.15, 0.2) is 48.7 Å². The van der Waals surface area contributed by atoms with E-state index in [-0.39, 0.29) is 24.2 Å². The van der Waals surface area contributed by atoms with Crippen molar-refractivity contribution in [2.45, 2.75) is 0 Å². The van der Waals surface area contributed by atoms with Gasteiger partial charge in [0.15, 0.2) is 5.78 Å². The topological polar surface area (TPSA) is 58.4 Å². The van der Waals surface area contributed by atoms with Crippen molar-refractivity contribution < 1.29 is 14.0 Å². The molecular formula is C19H16FN4O2. The summed E-state index contributed by atoms with van der Waals surface area (Å²) in [6.45, 7) is 4.25. The Labute approximate surface area is 149 Å². The summed E-state index contributed by atoms with van der Waals surface area (Å²) >= 11 is 0. The minimum atomic E-state index is -0.375. The second-order valence-electron chi connectivity index (χ2n) is 6.11. The van der Waals surface area contributed by atoms with Crippen LogP contribution in [0.5, 0.6) is 0 Å². The lowest BCUT2D eigenvalue weighted by atomic mass is 10.2. The molecule has 1 fully saturated rings. The molecule has 131 valence electrons. The summed E-state index contributed by atoms with van der Waals surface area (Å²) in [6.07, 6.45) is 1.62. The van der Waals surface area contributed by atoms with Crippen LogP contribution in [-0.2, 0) is 4.79 Å². The minimum Gasteiger partial charge on any atom is -0.315 e. The lowest BCUT2D eigenvalue weighted by Gasteiger charge is -2.18. The van der Waals surface area contributed by atoms with Gasteiger partial charge in [-0.1, -0.05) is 18.2 Å². The number of carbonyl (C=O) groups excluding carboxylic acids is 2. The number of halogens is 1. The van der Waals surface area contributed by atoms with Gasteiger partial charge in [-0.25, -0.2) is 13.9 Å². The number of anilines is 1. The van der Waals surface area contributed by atoms with E-state index in [1.165, 1.54) is 15.6 Å². The second-order valence-corrected chi connectivity index (χ2v) is 6.11. The number of amides is 2. The summed E-state index contributed by atoms with van der Waals surface area (Å²) in [7, 11) is 0. The number of fused-ring (bicyclic) bond motifs is 1. The third-order valence-corrected chi connectivity index (χ3v) is 4.42. The van der Waals surface area contributed by atoms with Gasteiger partial charge in [-0.05, 0) is 24.3 Å². The maximum atomic E-state index is 14.1. The molecule has 1 radical (unpaired) electrons. The van der Waals surface area contributed by atoms with E-state index in [9.17, 15) is 14.0 Å². The fraction of sp³-hybridized carbons (Fsp3) is 0.158. The van der Waals surface area contributed by atoms with E-state index in [4.69, 9.17) is 0 Å². The highest BCUT2D eigenvalue weighted by atomic mass is 19.1. The number of nitrogens with zero attached hydrogens (tertiary/aromatic N) is 4. The summed E-state index contributed by atoms with van der Waals surface area (Å²) in [5.41, 5.74) is 1.73. The molecule has 0 spiro atoms. The highest BCUT2D eigenvalue weighted by Gasteiger charge is 2.31. The molecule has 2 aromatic carbocycles. The molecule has 1 aromatic heterocycles. The van der Waals surface area contributed by atoms with Crippen LogP contribution in [0.4, 0.5) is 14.9 Å². The van der Waals surface area contributed by atoms with Gasteiger partial charge in [0.1, 0.15) is 11.5 Å². The fourth-order valence-electron chi connectivity index (χ4n) is 3.25. The lowest BCUT2D eigenvalue weighted by molar-refractivity contribution is -0.115. The molecule has 0 aliphatic carbocycles. The highest BCUT2D eigenvalue weighted by Crippen LogP contribution is 2.31. The summed E-state index contributed by atoms with van der Waals surface area (Å²) in [4.78, 5) is 26.9. The molecule has 1 aliphatic heterocycles. The van der Waals surface area contributed by atoms with Crippen LogP contribution in [0.25, 0.3) is 16.6 Å². The Hall–Kier alpha value is -3.22. The molecule has 2 amide bonds. The molecule has 0 unspecified atom stereocenters. The summed E-state index contributed by atoms with van der Waals surface area (Å²) in [5.74, 6) is -0.675. The van der Waals surface area contributed by atoms with Crippen molar-refractivity contribution in [3.8, 4) is 5.69 Å². The van der Waals surface area contributed by atoms with Crippen LogP contribution in [-0.4, -0.2) is 46.1 Å². The first-order valence-electron chi connectivity index (χ1n) is 8.19. The van der Waals surface area contributed by atoms with Crippen molar-refractivity contribution in [3.63, 3.8) is 0 Å². The number of ketones is 1. The first kappa shape index (κ1) is 16.3. The molecule has 0 bridgehead atoms. The van der Waals surface area contributed by atoms with Gasteiger partial charge in [-0.2, -0.15) is 5.10 Å². The van der Waals surface area contributed by atoms with Crippen LogP contribution >= 0.6 is 0 Å². The maximum Gasteiger partial charge on any atom is 0.325 e. The number of para-hydroxylation sites is 1. The van der Waals surface area contributed by atoms with E-state index in [0.29, 0.717) is 30.0 Å². The Morgan fingerprint density at radius 1 is 1.12 bits per heavy atom.